The van der Waals surface area contributed by atoms with Crippen molar-refractivity contribution in [3.63, 3.8) is 0 Å². The van der Waals surface area contributed by atoms with Crippen molar-refractivity contribution in [2.75, 3.05) is 13.1 Å². The fourth-order valence-electron chi connectivity index (χ4n) is 5.91. The molecule has 1 aliphatic rings. The molecular formula is C34H28F9N5O4. The van der Waals surface area contributed by atoms with Crippen LogP contribution in [0, 0.1) is 0 Å². The SMILES string of the molecule is O=C(CN1CC(=O)NC(Cc2ccccc2)C1=O)NC(Cc1c[nH]c2ccccc12)C(=O)NCc1cc(C(F)(F)F)c(C(F)(F)F)c(C(F)(F)F)c1. The zero-order valence-corrected chi connectivity index (χ0v) is 26.6. The van der Waals surface area contributed by atoms with Crippen molar-refractivity contribution < 1.29 is 58.7 Å². The Hall–Kier alpha value is -5.55. The molecule has 4 aromatic rings. The highest BCUT2D eigenvalue weighted by Gasteiger charge is 2.50. The minimum atomic E-state index is -6.02. The zero-order chi connectivity index (χ0) is 38.0. The van der Waals surface area contributed by atoms with E-state index in [1.165, 1.54) is 6.20 Å². The van der Waals surface area contributed by atoms with Gasteiger partial charge >= 0.3 is 18.5 Å². The first-order chi connectivity index (χ1) is 24.3. The third-order valence-corrected chi connectivity index (χ3v) is 8.21. The second-order valence-electron chi connectivity index (χ2n) is 12.0. The lowest BCUT2D eigenvalue weighted by Gasteiger charge is -2.32. The van der Waals surface area contributed by atoms with Gasteiger partial charge < -0.3 is 25.8 Å². The van der Waals surface area contributed by atoms with Gasteiger partial charge in [-0.05, 0) is 34.9 Å². The Morgan fingerprint density at radius 1 is 0.827 bits per heavy atom. The number of aromatic nitrogens is 1. The first-order valence-corrected chi connectivity index (χ1v) is 15.4. The van der Waals surface area contributed by atoms with Gasteiger partial charge in [0.25, 0.3) is 0 Å². The van der Waals surface area contributed by atoms with Crippen LogP contribution in [0.1, 0.15) is 33.4 Å². The molecular weight excluding hydrogens is 713 g/mol. The molecule has 3 aromatic carbocycles. The average Bonchev–Trinajstić information content (AvgIpc) is 3.46. The predicted molar refractivity (Wildman–Crippen MR) is 166 cm³/mol. The maximum atomic E-state index is 13.7. The summed E-state index contributed by atoms with van der Waals surface area (Å²) < 4.78 is 122. The van der Waals surface area contributed by atoms with Crippen LogP contribution in [0.2, 0.25) is 0 Å². The first-order valence-electron chi connectivity index (χ1n) is 15.4. The van der Waals surface area contributed by atoms with Gasteiger partial charge in [-0.2, -0.15) is 39.5 Å². The number of rotatable bonds is 10. The third-order valence-electron chi connectivity index (χ3n) is 8.21. The Kier molecular flexibility index (Phi) is 10.6. The van der Waals surface area contributed by atoms with Gasteiger partial charge in [0.1, 0.15) is 25.2 Å². The van der Waals surface area contributed by atoms with Crippen LogP contribution >= 0.6 is 0 Å². The van der Waals surface area contributed by atoms with Crippen molar-refractivity contribution in [2.45, 2.75) is 50.0 Å². The summed E-state index contributed by atoms with van der Waals surface area (Å²) in [4.78, 5) is 56.3. The molecule has 2 unspecified atom stereocenters. The number of piperazine rings is 1. The van der Waals surface area contributed by atoms with Crippen molar-refractivity contribution in [3.8, 4) is 0 Å². The minimum Gasteiger partial charge on any atom is -0.361 e. The van der Waals surface area contributed by atoms with E-state index >= 15 is 0 Å². The molecule has 18 heteroatoms. The van der Waals surface area contributed by atoms with Crippen LogP contribution in [-0.2, 0) is 57.1 Å². The zero-order valence-electron chi connectivity index (χ0n) is 26.6. The lowest BCUT2D eigenvalue weighted by atomic mass is 9.95. The van der Waals surface area contributed by atoms with E-state index in [2.05, 4.69) is 20.9 Å². The smallest absolute Gasteiger partial charge is 0.361 e. The first kappa shape index (κ1) is 37.7. The number of benzene rings is 3. The van der Waals surface area contributed by atoms with Crippen LogP contribution in [0.25, 0.3) is 10.9 Å². The Bertz CT molecular complexity index is 1940. The molecule has 0 radical (unpaired) electrons. The number of nitrogens with one attached hydrogen (secondary N) is 4. The third kappa shape index (κ3) is 8.84. The largest absolute Gasteiger partial charge is 0.417 e. The maximum Gasteiger partial charge on any atom is 0.417 e. The van der Waals surface area contributed by atoms with Crippen molar-refractivity contribution in [3.05, 3.63) is 106 Å². The van der Waals surface area contributed by atoms with E-state index in [0.717, 1.165) is 10.5 Å². The van der Waals surface area contributed by atoms with E-state index < -0.39 is 96.1 Å². The van der Waals surface area contributed by atoms with Crippen molar-refractivity contribution >= 4 is 34.5 Å². The van der Waals surface area contributed by atoms with Gasteiger partial charge in [0.05, 0.1) is 16.7 Å². The lowest BCUT2D eigenvalue weighted by Crippen LogP contribution is -2.61. The fourth-order valence-corrected chi connectivity index (χ4v) is 5.91. The number of para-hydroxylation sites is 1. The Labute approximate surface area is 288 Å². The number of halogens is 9. The molecule has 276 valence electrons. The number of hydrogen-bond donors (Lipinski definition) is 4. The monoisotopic (exact) mass is 741 g/mol. The molecule has 4 amide bonds. The number of carbonyl (C=O) groups is 4. The van der Waals surface area contributed by atoms with E-state index in [1.807, 2.05) is 0 Å². The van der Waals surface area contributed by atoms with E-state index in [9.17, 15) is 58.7 Å². The highest BCUT2D eigenvalue weighted by atomic mass is 19.4. The van der Waals surface area contributed by atoms with Crippen LogP contribution in [0.5, 0.6) is 0 Å². The molecule has 1 saturated heterocycles. The minimum absolute atomic E-state index is 0.116. The van der Waals surface area contributed by atoms with E-state index in [1.54, 1.807) is 54.6 Å². The number of H-pyrrole nitrogens is 1. The molecule has 0 bridgehead atoms. The second-order valence-corrected chi connectivity index (χ2v) is 12.0. The summed E-state index contributed by atoms with van der Waals surface area (Å²) in [6.45, 7) is -2.28. The molecule has 9 nitrogen and oxygen atoms in total. The van der Waals surface area contributed by atoms with E-state index in [0.29, 0.717) is 16.5 Å². The topological polar surface area (TPSA) is 123 Å². The molecule has 1 aliphatic heterocycles. The maximum absolute atomic E-state index is 13.7. The van der Waals surface area contributed by atoms with E-state index in [4.69, 9.17) is 0 Å². The summed E-state index contributed by atoms with van der Waals surface area (Å²) in [6, 6.07) is 12.6. The van der Waals surface area contributed by atoms with Gasteiger partial charge in [-0.1, -0.05) is 48.5 Å². The molecule has 5 rings (SSSR count). The summed E-state index contributed by atoms with van der Waals surface area (Å²) in [5.74, 6) is -3.21. The predicted octanol–water partition coefficient (Wildman–Crippen LogP) is 5.14. The van der Waals surface area contributed by atoms with Gasteiger partial charge in [0.15, 0.2) is 0 Å². The second kappa shape index (κ2) is 14.6. The number of aromatic amines is 1. The van der Waals surface area contributed by atoms with Crippen molar-refractivity contribution in [1.82, 2.24) is 25.8 Å². The lowest BCUT2D eigenvalue weighted by molar-refractivity contribution is -0.174. The van der Waals surface area contributed by atoms with Crippen LogP contribution < -0.4 is 16.0 Å². The fraction of sp³-hybridized carbons (Fsp3) is 0.294. The summed E-state index contributed by atoms with van der Waals surface area (Å²) in [6.07, 6.45) is -16.4. The number of amides is 4. The Morgan fingerprint density at radius 2 is 1.44 bits per heavy atom. The van der Waals surface area contributed by atoms with Gasteiger partial charge in [-0.25, -0.2) is 0 Å². The van der Waals surface area contributed by atoms with Crippen LogP contribution in [0.3, 0.4) is 0 Å². The number of hydrogen-bond acceptors (Lipinski definition) is 4. The molecule has 0 saturated carbocycles. The quantitative estimate of drug-likeness (QED) is 0.168. The normalized spacial score (nSPS) is 16.1. The molecule has 0 spiro atoms. The van der Waals surface area contributed by atoms with Crippen LogP contribution in [-0.4, -0.2) is 58.7 Å². The summed E-state index contributed by atoms with van der Waals surface area (Å²) in [5, 5.41) is 7.68. The summed E-state index contributed by atoms with van der Waals surface area (Å²) in [7, 11) is 0. The molecule has 52 heavy (non-hydrogen) atoms. The number of alkyl halides is 9. The molecule has 2 heterocycles. The van der Waals surface area contributed by atoms with Crippen LogP contribution in [0.4, 0.5) is 39.5 Å². The molecule has 1 fully saturated rings. The Morgan fingerprint density at radius 3 is 2.06 bits per heavy atom. The standard InChI is InChI=1S/C34H28F9N5O4/c35-32(36,37)22-10-19(11-23(33(38,39)40)29(22)34(41,42)43)14-45-30(51)25(13-20-15-44-24-9-5-4-8-21(20)24)46-27(49)16-48-17-28(50)47-26(31(48)52)12-18-6-2-1-3-7-18/h1-11,15,25-26,44H,12-14,16-17H2,(H,45,51)(H,46,49)(H,47,50). The van der Waals surface area contributed by atoms with Gasteiger partial charge in [-0.3, -0.25) is 19.2 Å². The molecule has 0 aliphatic carbocycles. The number of fused-ring (bicyclic) bond motifs is 1. The summed E-state index contributed by atoms with van der Waals surface area (Å²) in [5.41, 5.74) is -7.25. The molecule has 2 atom stereocenters. The van der Waals surface area contributed by atoms with Crippen molar-refractivity contribution in [1.29, 1.82) is 0 Å². The highest BCUT2D eigenvalue weighted by Crippen LogP contribution is 2.47. The summed E-state index contributed by atoms with van der Waals surface area (Å²) >= 11 is 0. The van der Waals surface area contributed by atoms with Crippen molar-refractivity contribution in [2.24, 2.45) is 0 Å². The van der Waals surface area contributed by atoms with Gasteiger partial charge in [0.2, 0.25) is 23.6 Å². The molecule has 4 N–H and O–H groups in total. The van der Waals surface area contributed by atoms with E-state index in [-0.39, 0.29) is 25.0 Å². The average molecular weight is 742 g/mol. The Balaban J connectivity index is 1.38. The van der Waals surface area contributed by atoms with Crippen LogP contribution in [0.15, 0.2) is 72.9 Å². The number of nitrogens with zero attached hydrogens (tertiary/aromatic N) is 1. The molecule has 1 aromatic heterocycles. The van der Waals surface area contributed by atoms with Gasteiger partial charge in [0, 0.05) is 36.5 Å². The highest BCUT2D eigenvalue weighted by molar-refractivity contribution is 5.98. The van der Waals surface area contributed by atoms with Gasteiger partial charge in [-0.15, -0.1) is 0 Å². The number of carbonyl (C=O) groups excluding carboxylic acids is 4.